The van der Waals surface area contributed by atoms with E-state index in [0.717, 1.165) is 23.9 Å². The summed E-state index contributed by atoms with van der Waals surface area (Å²) in [5, 5.41) is 3.61. The number of hydrogen-bond donors (Lipinski definition) is 1. The summed E-state index contributed by atoms with van der Waals surface area (Å²) < 4.78 is 0. The zero-order chi connectivity index (χ0) is 13.9. The molecule has 0 amide bonds. The molecule has 0 radical (unpaired) electrons. The third kappa shape index (κ3) is 3.07. The fraction of sp³-hybridized carbons (Fsp3) is 0.389. The molecule has 1 saturated carbocycles. The van der Waals surface area contributed by atoms with Gasteiger partial charge in [-0.25, -0.2) is 0 Å². The van der Waals surface area contributed by atoms with Crippen molar-refractivity contribution in [3.8, 4) is 0 Å². The maximum absolute atomic E-state index is 4.53. The van der Waals surface area contributed by atoms with Crippen LogP contribution in [0, 0.1) is 13.8 Å². The van der Waals surface area contributed by atoms with Crippen LogP contribution in [-0.4, -0.2) is 11.0 Å². The normalized spacial score (nSPS) is 21.5. The van der Waals surface area contributed by atoms with E-state index in [2.05, 4.69) is 53.6 Å². The van der Waals surface area contributed by atoms with Crippen molar-refractivity contribution >= 4 is 0 Å². The number of benzene rings is 1. The molecule has 1 fully saturated rings. The molecule has 2 heteroatoms. The first-order valence-electron chi connectivity index (χ1n) is 7.43. The molecule has 0 saturated heterocycles. The van der Waals surface area contributed by atoms with Crippen LogP contribution in [0.25, 0.3) is 0 Å². The van der Waals surface area contributed by atoms with E-state index in [1.807, 2.05) is 13.0 Å². The molecule has 0 unspecified atom stereocenters. The van der Waals surface area contributed by atoms with Crippen LogP contribution in [0.15, 0.2) is 42.5 Å². The molecule has 1 N–H and O–H groups in total. The molecular formula is C18H22N2. The Morgan fingerprint density at radius 2 is 1.80 bits per heavy atom. The van der Waals surface area contributed by atoms with Gasteiger partial charge in [0.1, 0.15) is 0 Å². The lowest BCUT2D eigenvalue weighted by atomic mass is 9.76. The fourth-order valence-corrected chi connectivity index (χ4v) is 2.84. The molecule has 1 aromatic heterocycles. The van der Waals surface area contributed by atoms with Crippen LogP contribution in [0.2, 0.25) is 0 Å². The van der Waals surface area contributed by atoms with E-state index in [4.69, 9.17) is 0 Å². The molecule has 2 aromatic rings. The highest BCUT2D eigenvalue weighted by Gasteiger charge is 2.29. The van der Waals surface area contributed by atoms with Crippen molar-refractivity contribution in [1.82, 2.24) is 10.3 Å². The topological polar surface area (TPSA) is 24.9 Å². The highest BCUT2D eigenvalue weighted by atomic mass is 14.9. The Labute approximate surface area is 121 Å². The van der Waals surface area contributed by atoms with Crippen LogP contribution in [0.3, 0.4) is 0 Å². The second-order valence-electron chi connectivity index (χ2n) is 5.93. The molecule has 2 nitrogen and oxygen atoms in total. The van der Waals surface area contributed by atoms with Crippen LogP contribution in [0.5, 0.6) is 0 Å². The number of aromatic nitrogens is 1. The number of nitrogens with one attached hydrogen (secondary N) is 1. The maximum atomic E-state index is 4.53. The third-order valence-electron chi connectivity index (χ3n) is 4.20. The number of nitrogens with zero attached hydrogens (tertiary/aromatic N) is 1. The highest BCUT2D eigenvalue weighted by Crippen LogP contribution is 2.36. The predicted octanol–water partition coefficient (Wildman–Crippen LogP) is 3.73. The smallest absolute Gasteiger partial charge is 0.0544 e. The van der Waals surface area contributed by atoms with Crippen LogP contribution >= 0.6 is 0 Å². The van der Waals surface area contributed by atoms with Gasteiger partial charge in [-0.3, -0.25) is 4.98 Å². The third-order valence-corrected chi connectivity index (χ3v) is 4.20. The standard InChI is InChI=1S/C18H22N2/c1-13-6-8-15(9-7-13)16-10-18(11-16)19-12-17-5-3-4-14(2)20-17/h3-9,16,18-19H,10-12H2,1-2H3. The lowest BCUT2D eigenvalue weighted by molar-refractivity contribution is 0.288. The van der Waals surface area contributed by atoms with E-state index < -0.39 is 0 Å². The van der Waals surface area contributed by atoms with E-state index in [0.29, 0.717) is 6.04 Å². The molecule has 3 rings (SSSR count). The van der Waals surface area contributed by atoms with Gasteiger partial charge in [0.2, 0.25) is 0 Å². The van der Waals surface area contributed by atoms with Gasteiger partial charge in [0.25, 0.3) is 0 Å². The number of hydrogen-bond acceptors (Lipinski definition) is 2. The fourth-order valence-electron chi connectivity index (χ4n) is 2.84. The molecule has 104 valence electrons. The minimum absolute atomic E-state index is 0.642. The molecule has 0 aliphatic heterocycles. The molecule has 1 aromatic carbocycles. The molecule has 1 aliphatic rings. The summed E-state index contributed by atoms with van der Waals surface area (Å²) in [6.07, 6.45) is 2.49. The Kier molecular flexibility index (Phi) is 3.83. The molecule has 1 aliphatic carbocycles. The van der Waals surface area contributed by atoms with Gasteiger partial charge in [0, 0.05) is 18.3 Å². The molecule has 20 heavy (non-hydrogen) atoms. The maximum Gasteiger partial charge on any atom is 0.0544 e. The second-order valence-corrected chi connectivity index (χ2v) is 5.93. The first-order chi connectivity index (χ1) is 9.70. The van der Waals surface area contributed by atoms with Crippen molar-refractivity contribution in [3.63, 3.8) is 0 Å². The van der Waals surface area contributed by atoms with Gasteiger partial charge >= 0.3 is 0 Å². The lowest BCUT2D eigenvalue weighted by Gasteiger charge is -2.36. The number of rotatable bonds is 4. The Hall–Kier alpha value is -1.67. The average Bonchev–Trinajstić information content (AvgIpc) is 2.39. The van der Waals surface area contributed by atoms with Crippen molar-refractivity contribution in [2.24, 2.45) is 0 Å². The van der Waals surface area contributed by atoms with Gasteiger partial charge in [-0.2, -0.15) is 0 Å². The van der Waals surface area contributed by atoms with Crippen molar-refractivity contribution in [2.45, 2.75) is 45.2 Å². The summed E-state index contributed by atoms with van der Waals surface area (Å²) in [6, 6.07) is 15.8. The van der Waals surface area contributed by atoms with Crippen molar-refractivity contribution in [1.29, 1.82) is 0 Å². The Morgan fingerprint density at radius 3 is 2.50 bits per heavy atom. The summed E-state index contributed by atoms with van der Waals surface area (Å²) in [6.45, 7) is 5.07. The first-order valence-corrected chi connectivity index (χ1v) is 7.43. The average molecular weight is 266 g/mol. The van der Waals surface area contributed by atoms with Crippen molar-refractivity contribution in [2.75, 3.05) is 0 Å². The van der Waals surface area contributed by atoms with Crippen LogP contribution in [0.4, 0.5) is 0 Å². The SMILES string of the molecule is Cc1ccc(C2CC(NCc3cccc(C)n3)C2)cc1. The molecule has 0 bridgehead atoms. The van der Waals surface area contributed by atoms with Crippen molar-refractivity contribution < 1.29 is 0 Å². The monoisotopic (exact) mass is 266 g/mol. The van der Waals surface area contributed by atoms with Crippen molar-refractivity contribution in [3.05, 3.63) is 65.0 Å². The van der Waals surface area contributed by atoms with E-state index in [1.54, 1.807) is 0 Å². The van der Waals surface area contributed by atoms with E-state index in [9.17, 15) is 0 Å². The molecule has 0 spiro atoms. The summed E-state index contributed by atoms with van der Waals surface area (Å²) in [4.78, 5) is 4.53. The lowest BCUT2D eigenvalue weighted by Crippen LogP contribution is -2.39. The van der Waals surface area contributed by atoms with Gasteiger partial charge in [0.05, 0.1) is 5.69 Å². The van der Waals surface area contributed by atoms with E-state index in [-0.39, 0.29) is 0 Å². The minimum atomic E-state index is 0.642. The summed E-state index contributed by atoms with van der Waals surface area (Å²) in [7, 11) is 0. The summed E-state index contributed by atoms with van der Waals surface area (Å²) >= 11 is 0. The zero-order valence-corrected chi connectivity index (χ0v) is 12.3. The van der Waals surface area contributed by atoms with Gasteiger partial charge in [-0.15, -0.1) is 0 Å². The van der Waals surface area contributed by atoms with Crippen LogP contribution < -0.4 is 5.32 Å². The number of pyridine rings is 1. The van der Waals surface area contributed by atoms with Gasteiger partial charge in [-0.1, -0.05) is 35.9 Å². The Morgan fingerprint density at radius 1 is 1.05 bits per heavy atom. The molecule has 0 atom stereocenters. The Bertz CT molecular complexity index is 568. The largest absolute Gasteiger partial charge is 0.308 e. The van der Waals surface area contributed by atoms with E-state index in [1.165, 1.54) is 24.0 Å². The summed E-state index contributed by atoms with van der Waals surface area (Å²) in [5.74, 6) is 0.735. The summed E-state index contributed by atoms with van der Waals surface area (Å²) in [5.41, 5.74) is 5.06. The highest BCUT2D eigenvalue weighted by molar-refractivity contribution is 5.26. The molecule has 1 heterocycles. The van der Waals surface area contributed by atoms with Gasteiger partial charge in [-0.05, 0) is 50.3 Å². The first kappa shape index (κ1) is 13.3. The van der Waals surface area contributed by atoms with Gasteiger partial charge < -0.3 is 5.32 Å². The molecular weight excluding hydrogens is 244 g/mol. The van der Waals surface area contributed by atoms with Gasteiger partial charge in [0.15, 0.2) is 0 Å². The quantitative estimate of drug-likeness (QED) is 0.912. The minimum Gasteiger partial charge on any atom is -0.308 e. The van der Waals surface area contributed by atoms with E-state index >= 15 is 0 Å². The predicted molar refractivity (Wildman–Crippen MR) is 82.8 cm³/mol. The Balaban J connectivity index is 1.48. The number of aryl methyl sites for hydroxylation is 2. The second kappa shape index (κ2) is 5.76. The van der Waals surface area contributed by atoms with Crippen LogP contribution in [-0.2, 0) is 6.54 Å². The zero-order valence-electron chi connectivity index (χ0n) is 12.3. The van der Waals surface area contributed by atoms with Crippen LogP contribution in [0.1, 0.15) is 41.3 Å².